The van der Waals surface area contributed by atoms with E-state index in [1.54, 1.807) is 0 Å². The van der Waals surface area contributed by atoms with Crippen molar-refractivity contribution in [3.8, 4) is 0 Å². The summed E-state index contributed by atoms with van der Waals surface area (Å²) in [6, 6.07) is 0. The highest BCUT2D eigenvalue weighted by atomic mass is 31.2. The lowest BCUT2D eigenvalue weighted by Crippen LogP contribution is -2.30. The van der Waals surface area contributed by atoms with Gasteiger partial charge in [-0.25, -0.2) is 9.13 Å². The third-order valence-electron chi connectivity index (χ3n) is 20.3. The third kappa shape index (κ3) is 75.3. The van der Waals surface area contributed by atoms with Gasteiger partial charge in [0.15, 0.2) is 12.2 Å². The lowest BCUT2D eigenvalue weighted by Gasteiger charge is -2.21. The SMILES string of the molecule is CCC(C)CCCCCCCCCCCCCCCCCCCCC(=O)O[C@H](COC(=O)CCCCCCCCC(C)CC)COP(=O)(O)OCC(O)COP(=O)(O)OC[C@@H](COC(=O)CCCCCCCCCC(C)C)OC(=O)CCCCCCCCCCCCCCCCCCCCC(C)C. The number of phosphoric ester groups is 2. The van der Waals surface area contributed by atoms with Gasteiger partial charge in [0.05, 0.1) is 26.4 Å². The second kappa shape index (κ2) is 72.9. The fourth-order valence-electron chi connectivity index (χ4n) is 12.9. The normalized spacial score (nSPS) is 14.5. The largest absolute Gasteiger partial charge is 0.472 e. The van der Waals surface area contributed by atoms with E-state index in [2.05, 4.69) is 55.4 Å². The lowest BCUT2D eigenvalue weighted by atomic mass is 9.99. The molecule has 5 unspecified atom stereocenters. The van der Waals surface area contributed by atoms with Crippen LogP contribution in [0.15, 0.2) is 0 Å². The van der Waals surface area contributed by atoms with E-state index in [1.807, 2.05) is 0 Å². The highest BCUT2D eigenvalue weighted by Gasteiger charge is 2.30. The van der Waals surface area contributed by atoms with E-state index in [0.29, 0.717) is 31.6 Å². The summed E-state index contributed by atoms with van der Waals surface area (Å²) in [5, 5.41) is 10.6. The number of phosphoric acid groups is 2. The standard InChI is InChI=1S/C84H164O17P2/c1-9-76(7)62-54-46-38-32-28-24-20-16-12-14-18-22-26-30-34-40-51-59-67-84(89)101-80(71-95-82(87)65-57-49-43-42-47-55-63-77(8)10-2)73-99-103(92,93)97-69-78(85)68-96-102(90,91)98-72-79(70-94-81(86)64-56-48-41-35-37-45-53-61-75(5)6)100-83(88)66-58-50-39-33-29-25-21-17-13-11-15-19-23-27-31-36-44-52-60-74(3)4/h74-80,85H,9-73H2,1-8H3,(H,90,91)(H,92,93)/t76?,77?,78?,79-,80-/m1/s1. The summed E-state index contributed by atoms with van der Waals surface area (Å²) in [5.41, 5.74) is 0. The van der Waals surface area contributed by atoms with Gasteiger partial charge in [0.25, 0.3) is 0 Å². The van der Waals surface area contributed by atoms with E-state index in [4.69, 9.17) is 37.0 Å². The minimum Gasteiger partial charge on any atom is -0.462 e. The van der Waals surface area contributed by atoms with Gasteiger partial charge in [-0.15, -0.1) is 0 Å². The summed E-state index contributed by atoms with van der Waals surface area (Å²) >= 11 is 0. The first-order valence-corrected chi connectivity index (χ1v) is 46.3. The molecule has 0 saturated heterocycles. The van der Waals surface area contributed by atoms with Crippen LogP contribution in [0.2, 0.25) is 0 Å². The molecular weight excluding hydrogens is 1340 g/mol. The Kier molecular flexibility index (Phi) is 71.5. The fourth-order valence-corrected chi connectivity index (χ4v) is 14.5. The molecule has 103 heavy (non-hydrogen) atoms. The molecule has 612 valence electrons. The molecule has 0 heterocycles. The Bertz CT molecular complexity index is 2010. The first-order chi connectivity index (χ1) is 49.7. The predicted octanol–water partition coefficient (Wildman–Crippen LogP) is 25.2. The molecule has 0 radical (unpaired) electrons. The summed E-state index contributed by atoms with van der Waals surface area (Å²) in [6.07, 6.45) is 61.4. The molecule has 0 aliphatic rings. The summed E-state index contributed by atoms with van der Waals surface area (Å²) in [7, 11) is -9.92. The van der Waals surface area contributed by atoms with Crippen LogP contribution in [-0.4, -0.2) is 96.7 Å². The van der Waals surface area contributed by atoms with Crippen molar-refractivity contribution in [3.63, 3.8) is 0 Å². The number of unbranched alkanes of at least 4 members (excludes halogenated alkanes) is 45. The highest BCUT2D eigenvalue weighted by Crippen LogP contribution is 2.45. The number of hydrogen-bond donors (Lipinski definition) is 3. The number of ether oxygens (including phenoxy) is 4. The number of carbonyl (C=O) groups is 4. The van der Waals surface area contributed by atoms with Crippen LogP contribution >= 0.6 is 15.6 Å². The molecule has 0 saturated carbocycles. The van der Waals surface area contributed by atoms with Gasteiger partial charge in [-0.3, -0.25) is 37.3 Å². The van der Waals surface area contributed by atoms with Gasteiger partial charge in [0, 0.05) is 25.7 Å². The summed E-state index contributed by atoms with van der Waals surface area (Å²) in [4.78, 5) is 73.0. The van der Waals surface area contributed by atoms with Crippen LogP contribution in [0, 0.1) is 23.7 Å². The van der Waals surface area contributed by atoms with Crippen LogP contribution < -0.4 is 0 Å². The molecule has 0 aromatic heterocycles. The number of rotatable bonds is 81. The average molecular weight is 1510 g/mol. The minimum atomic E-state index is -4.96. The van der Waals surface area contributed by atoms with Gasteiger partial charge >= 0.3 is 39.5 Å². The van der Waals surface area contributed by atoms with Crippen molar-refractivity contribution in [2.45, 2.75) is 453 Å². The van der Waals surface area contributed by atoms with E-state index in [-0.39, 0.29) is 25.7 Å². The Labute approximate surface area is 632 Å². The third-order valence-corrected chi connectivity index (χ3v) is 22.2. The smallest absolute Gasteiger partial charge is 0.462 e. The van der Waals surface area contributed by atoms with Gasteiger partial charge in [0.1, 0.15) is 19.3 Å². The highest BCUT2D eigenvalue weighted by molar-refractivity contribution is 7.47. The summed E-state index contributed by atoms with van der Waals surface area (Å²) in [5.74, 6) is 1.01. The van der Waals surface area contributed by atoms with Gasteiger partial charge in [-0.1, -0.05) is 383 Å². The second-order valence-electron chi connectivity index (χ2n) is 31.7. The van der Waals surface area contributed by atoms with Crippen LogP contribution in [0.1, 0.15) is 434 Å². The second-order valence-corrected chi connectivity index (χ2v) is 34.6. The maximum atomic E-state index is 13.1. The molecular formula is C84H164O17P2. The average Bonchev–Trinajstić information content (AvgIpc) is 0.933. The van der Waals surface area contributed by atoms with Crippen molar-refractivity contribution >= 4 is 39.5 Å². The molecule has 0 aromatic carbocycles. The molecule has 0 amide bonds. The van der Waals surface area contributed by atoms with Crippen LogP contribution in [0.25, 0.3) is 0 Å². The van der Waals surface area contributed by atoms with E-state index < -0.39 is 97.5 Å². The van der Waals surface area contributed by atoms with E-state index in [0.717, 1.165) is 120 Å². The molecule has 17 nitrogen and oxygen atoms in total. The van der Waals surface area contributed by atoms with Crippen molar-refractivity contribution in [1.82, 2.24) is 0 Å². The zero-order valence-electron chi connectivity index (χ0n) is 68.0. The maximum Gasteiger partial charge on any atom is 0.472 e. The van der Waals surface area contributed by atoms with Crippen LogP contribution in [-0.2, 0) is 65.4 Å². The summed E-state index contributed by atoms with van der Waals surface area (Å²) < 4.78 is 68.7. The lowest BCUT2D eigenvalue weighted by molar-refractivity contribution is -0.161. The van der Waals surface area contributed by atoms with Gasteiger partial charge in [0.2, 0.25) is 0 Å². The Morgan fingerprint density at radius 2 is 0.466 bits per heavy atom. The van der Waals surface area contributed by atoms with Crippen molar-refractivity contribution in [2.24, 2.45) is 23.7 Å². The first kappa shape index (κ1) is 101. The molecule has 0 aliphatic heterocycles. The number of aliphatic hydroxyl groups is 1. The number of carbonyl (C=O) groups excluding carboxylic acids is 4. The topological polar surface area (TPSA) is 237 Å². The Morgan fingerprint density at radius 3 is 0.689 bits per heavy atom. The molecule has 0 fully saturated rings. The Balaban J connectivity index is 5.14. The Morgan fingerprint density at radius 1 is 0.272 bits per heavy atom. The first-order valence-electron chi connectivity index (χ1n) is 43.3. The molecule has 7 atom stereocenters. The molecule has 0 spiro atoms. The van der Waals surface area contributed by atoms with E-state index >= 15 is 0 Å². The monoisotopic (exact) mass is 1510 g/mol. The van der Waals surface area contributed by atoms with Crippen molar-refractivity contribution in [3.05, 3.63) is 0 Å². The number of hydrogen-bond acceptors (Lipinski definition) is 15. The molecule has 19 heteroatoms. The van der Waals surface area contributed by atoms with Gasteiger partial charge in [-0.05, 0) is 49.4 Å². The molecule has 0 bridgehead atoms. The van der Waals surface area contributed by atoms with Crippen molar-refractivity contribution in [2.75, 3.05) is 39.6 Å². The fraction of sp³-hybridized carbons (Fsp3) is 0.952. The summed E-state index contributed by atoms with van der Waals surface area (Å²) in [6.45, 7) is 14.3. The Hall–Kier alpha value is -1.94. The van der Waals surface area contributed by atoms with Crippen LogP contribution in [0.4, 0.5) is 0 Å². The maximum absolute atomic E-state index is 13.1. The zero-order valence-corrected chi connectivity index (χ0v) is 69.7. The number of esters is 4. The van der Waals surface area contributed by atoms with Gasteiger partial charge < -0.3 is 33.8 Å². The van der Waals surface area contributed by atoms with Gasteiger partial charge in [-0.2, -0.15) is 0 Å². The predicted molar refractivity (Wildman–Crippen MR) is 423 cm³/mol. The van der Waals surface area contributed by atoms with Crippen LogP contribution in [0.3, 0.4) is 0 Å². The van der Waals surface area contributed by atoms with Crippen molar-refractivity contribution in [1.29, 1.82) is 0 Å². The quantitative estimate of drug-likeness (QED) is 0.0222. The van der Waals surface area contributed by atoms with Crippen LogP contribution in [0.5, 0.6) is 0 Å². The molecule has 3 N–H and O–H groups in total. The van der Waals surface area contributed by atoms with Crippen molar-refractivity contribution < 1.29 is 80.2 Å². The molecule has 0 rings (SSSR count). The van der Waals surface area contributed by atoms with E-state index in [1.165, 1.54) is 225 Å². The molecule has 0 aromatic rings. The number of aliphatic hydroxyl groups excluding tert-OH is 1. The minimum absolute atomic E-state index is 0.107. The van der Waals surface area contributed by atoms with E-state index in [9.17, 15) is 43.2 Å². The zero-order chi connectivity index (χ0) is 76.0. The molecule has 0 aliphatic carbocycles.